The first kappa shape index (κ1) is 12.6. The molecular formula is C13H9ClN2OS2. The lowest BCUT2D eigenvalue weighted by molar-refractivity contribution is 0.934. The molecule has 2 aromatic heterocycles. The summed E-state index contributed by atoms with van der Waals surface area (Å²) in [7, 11) is 0. The SMILES string of the molecule is Cc1cccc(Cl)c1-n1c(=S)[nH]c2sccc2c1=O. The van der Waals surface area contributed by atoms with Gasteiger partial charge in [-0.1, -0.05) is 23.7 Å². The van der Waals surface area contributed by atoms with Crippen LogP contribution in [0.2, 0.25) is 5.02 Å². The van der Waals surface area contributed by atoms with E-state index < -0.39 is 0 Å². The zero-order valence-electron chi connectivity index (χ0n) is 9.94. The molecule has 0 aliphatic carbocycles. The van der Waals surface area contributed by atoms with Crippen molar-refractivity contribution in [3.8, 4) is 5.69 Å². The molecule has 3 rings (SSSR count). The molecule has 0 amide bonds. The highest BCUT2D eigenvalue weighted by atomic mass is 35.5. The number of aromatic nitrogens is 2. The number of nitrogens with one attached hydrogen (secondary N) is 1. The number of nitrogens with zero attached hydrogens (tertiary/aromatic N) is 1. The van der Waals surface area contributed by atoms with Gasteiger partial charge in [-0.3, -0.25) is 9.36 Å². The van der Waals surface area contributed by atoms with Crippen molar-refractivity contribution in [3.05, 3.63) is 55.4 Å². The normalized spacial score (nSPS) is 11.1. The fourth-order valence-electron chi connectivity index (χ4n) is 2.05. The highest BCUT2D eigenvalue weighted by Gasteiger charge is 2.12. The topological polar surface area (TPSA) is 37.8 Å². The van der Waals surface area contributed by atoms with E-state index in [9.17, 15) is 4.79 Å². The van der Waals surface area contributed by atoms with E-state index in [1.165, 1.54) is 15.9 Å². The van der Waals surface area contributed by atoms with E-state index in [-0.39, 0.29) is 5.56 Å². The van der Waals surface area contributed by atoms with Crippen LogP contribution in [0, 0.1) is 11.7 Å². The average molecular weight is 309 g/mol. The largest absolute Gasteiger partial charge is 0.323 e. The number of H-pyrrole nitrogens is 1. The number of hydrogen-bond donors (Lipinski definition) is 1. The molecule has 0 radical (unpaired) electrons. The molecule has 0 spiro atoms. The predicted octanol–water partition coefficient (Wildman–Crippen LogP) is 4.07. The van der Waals surface area contributed by atoms with Gasteiger partial charge in [0.1, 0.15) is 4.83 Å². The van der Waals surface area contributed by atoms with Gasteiger partial charge in [0.2, 0.25) is 0 Å². The van der Waals surface area contributed by atoms with Gasteiger partial charge in [0, 0.05) is 0 Å². The first-order valence-corrected chi connectivity index (χ1v) is 7.24. The van der Waals surface area contributed by atoms with Gasteiger partial charge in [-0.25, -0.2) is 0 Å². The second-order valence-corrected chi connectivity index (χ2v) is 5.85. The maximum atomic E-state index is 12.5. The molecule has 1 aromatic carbocycles. The minimum absolute atomic E-state index is 0.142. The van der Waals surface area contributed by atoms with Crippen LogP contribution >= 0.6 is 35.2 Å². The van der Waals surface area contributed by atoms with Gasteiger partial charge in [-0.2, -0.15) is 0 Å². The lowest BCUT2D eigenvalue weighted by atomic mass is 10.2. The van der Waals surface area contributed by atoms with E-state index in [1.807, 2.05) is 24.4 Å². The Morgan fingerprint density at radius 2 is 2.16 bits per heavy atom. The number of para-hydroxylation sites is 1. The van der Waals surface area contributed by atoms with Crippen LogP contribution in [0.3, 0.4) is 0 Å². The van der Waals surface area contributed by atoms with Crippen LogP contribution < -0.4 is 5.56 Å². The van der Waals surface area contributed by atoms with Crippen LogP contribution in [0.1, 0.15) is 5.56 Å². The third-order valence-electron chi connectivity index (χ3n) is 2.93. The van der Waals surface area contributed by atoms with Crippen molar-refractivity contribution in [2.75, 3.05) is 0 Å². The Hall–Kier alpha value is -1.43. The highest BCUT2D eigenvalue weighted by molar-refractivity contribution is 7.71. The number of hydrogen-bond acceptors (Lipinski definition) is 3. The molecular weight excluding hydrogens is 300 g/mol. The first-order valence-electron chi connectivity index (χ1n) is 5.57. The standard InChI is InChI=1S/C13H9ClN2OS2/c1-7-3-2-4-9(14)10(7)16-12(17)8-5-6-19-11(8)15-13(16)18/h2-6H,1H3,(H,15,18). The predicted molar refractivity (Wildman–Crippen MR) is 82.4 cm³/mol. The Morgan fingerprint density at radius 3 is 2.89 bits per heavy atom. The van der Waals surface area contributed by atoms with E-state index in [2.05, 4.69) is 4.98 Å². The van der Waals surface area contributed by atoms with Crippen molar-refractivity contribution in [2.24, 2.45) is 0 Å². The van der Waals surface area contributed by atoms with Crippen LogP contribution in [0.5, 0.6) is 0 Å². The lowest BCUT2D eigenvalue weighted by Crippen LogP contribution is -2.20. The summed E-state index contributed by atoms with van der Waals surface area (Å²) >= 11 is 13.0. The Morgan fingerprint density at radius 1 is 1.37 bits per heavy atom. The van der Waals surface area contributed by atoms with Crippen molar-refractivity contribution in [1.82, 2.24) is 9.55 Å². The number of thiophene rings is 1. The molecule has 1 N–H and O–H groups in total. The van der Waals surface area contributed by atoms with Gasteiger partial charge in [0.15, 0.2) is 4.77 Å². The molecule has 0 bridgehead atoms. The molecule has 0 atom stereocenters. The van der Waals surface area contributed by atoms with Crippen LogP contribution in [0.4, 0.5) is 0 Å². The quantitative estimate of drug-likeness (QED) is 0.688. The van der Waals surface area contributed by atoms with E-state index in [0.29, 0.717) is 20.9 Å². The summed E-state index contributed by atoms with van der Waals surface area (Å²) in [5.41, 5.74) is 1.41. The second-order valence-electron chi connectivity index (χ2n) is 4.14. The van der Waals surface area contributed by atoms with Crippen LogP contribution in [-0.2, 0) is 0 Å². The van der Waals surface area contributed by atoms with Gasteiger partial charge >= 0.3 is 0 Å². The maximum absolute atomic E-state index is 12.5. The van der Waals surface area contributed by atoms with E-state index in [0.717, 1.165) is 10.4 Å². The number of aryl methyl sites for hydroxylation is 1. The van der Waals surface area contributed by atoms with Gasteiger partial charge in [0.25, 0.3) is 5.56 Å². The van der Waals surface area contributed by atoms with Gasteiger partial charge in [-0.15, -0.1) is 11.3 Å². The molecule has 0 aliphatic rings. The Balaban J connectivity index is 2.50. The van der Waals surface area contributed by atoms with Gasteiger partial charge < -0.3 is 4.98 Å². The Labute approximate surface area is 123 Å². The van der Waals surface area contributed by atoms with Crippen LogP contribution in [0.25, 0.3) is 15.9 Å². The average Bonchev–Trinajstić information content (AvgIpc) is 2.81. The zero-order chi connectivity index (χ0) is 13.6. The minimum atomic E-state index is -0.142. The molecule has 0 fully saturated rings. The second kappa shape index (κ2) is 4.59. The summed E-state index contributed by atoms with van der Waals surface area (Å²) < 4.78 is 1.82. The number of rotatable bonds is 1. The number of fused-ring (bicyclic) bond motifs is 1. The Kier molecular flexibility index (Phi) is 3.05. The summed E-state index contributed by atoms with van der Waals surface area (Å²) in [6, 6.07) is 7.29. The number of benzene rings is 1. The molecule has 0 unspecified atom stereocenters. The summed E-state index contributed by atoms with van der Waals surface area (Å²) in [5, 5.41) is 3.00. The molecule has 0 aliphatic heterocycles. The van der Waals surface area contributed by atoms with Gasteiger partial charge in [-0.05, 0) is 42.2 Å². The van der Waals surface area contributed by atoms with Crippen LogP contribution in [-0.4, -0.2) is 9.55 Å². The Bertz CT molecular complexity index is 871. The summed E-state index contributed by atoms with van der Waals surface area (Å²) in [5.74, 6) is 0. The smallest absolute Gasteiger partial charge is 0.267 e. The molecule has 2 heterocycles. The van der Waals surface area contributed by atoms with E-state index in [1.54, 1.807) is 12.1 Å². The third-order valence-corrected chi connectivity index (χ3v) is 4.35. The van der Waals surface area contributed by atoms with Gasteiger partial charge in [0.05, 0.1) is 16.1 Å². The number of halogens is 1. The molecule has 19 heavy (non-hydrogen) atoms. The van der Waals surface area contributed by atoms with Crippen molar-refractivity contribution in [2.45, 2.75) is 6.92 Å². The summed E-state index contributed by atoms with van der Waals surface area (Å²) in [6.45, 7) is 1.90. The first-order chi connectivity index (χ1) is 9.09. The van der Waals surface area contributed by atoms with Crippen LogP contribution in [0.15, 0.2) is 34.4 Å². The van der Waals surface area contributed by atoms with Crippen molar-refractivity contribution < 1.29 is 0 Å². The summed E-state index contributed by atoms with van der Waals surface area (Å²) in [4.78, 5) is 16.4. The maximum Gasteiger partial charge on any atom is 0.267 e. The van der Waals surface area contributed by atoms with Crippen molar-refractivity contribution in [1.29, 1.82) is 0 Å². The zero-order valence-corrected chi connectivity index (χ0v) is 12.3. The molecule has 96 valence electrons. The minimum Gasteiger partial charge on any atom is -0.323 e. The van der Waals surface area contributed by atoms with Crippen molar-refractivity contribution in [3.63, 3.8) is 0 Å². The fourth-order valence-corrected chi connectivity index (χ4v) is 3.47. The van der Waals surface area contributed by atoms with Crippen molar-refractivity contribution >= 4 is 45.4 Å². The van der Waals surface area contributed by atoms with E-state index >= 15 is 0 Å². The molecule has 3 aromatic rings. The highest BCUT2D eigenvalue weighted by Crippen LogP contribution is 2.24. The monoisotopic (exact) mass is 308 g/mol. The molecule has 0 saturated heterocycles. The van der Waals surface area contributed by atoms with E-state index in [4.69, 9.17) is 23.8 Å². The third kappa shape index (κ3) is 1.94. The molecule has 0 saturated carbocycles. The lowest BCUT2D eigenvalue weighted by Gasteiger charge is -2.11. The molecule has 6 heteroatoms. The fraction of sp³-hybridized carbons (Fsp3) is 0.0769. The number of aromatic amines is 1. The molecule has 3 nitrogen and oxygen atoms in total. The summed E-state index contributed by atoms with van der Waals surface area (Å²) in [6.07, 6.45) is 0.